The molecule has 1 aliphatic carbocycles. The number of nitriles is 1. The van der Waals surface area contributed by atoms with Crippen LogP contribution in [0.2, 0.25) is 0 Å². The second-order valence-electron chi connectivity index (χ2n) is 18.1. The highest BCUT2D eigenvalue weighted by Gasteiger charge is 2.57. The number of carbonyl (C=O) groups is 4. The molecule has 7 rings (SSSR count). The minimum absolute atomic E-state index is 0.0218. The summed E-state index contributed by atoms with van der Waals surface area (Å²) in [5.41, 5.74) is 1.88. The number of nitrogens with zero attached hydrogens (tertiary/aromatic N) is 4. The number of piperidine rings is 1. The summed E-state index contributed by atoms with van der Waals surface area (Å²) < 4.78 is 27.8. The molecular weight excluding hydrogens is 840 g/mol. The number of aliphatic hydroxyl groups is 1. The van der Waals surface area contributed by atoms with Crippen molar-refractivity contribution in [1.82, 2.24) is 10.2 Å². The van der Waals surface area contributed by atoms with Gasteiger partial charge >= 0.3 is 13.6 Å². The largest absolute Gasteiger partial charge is 0.444 e. The molecule has 12 nitrogen and oxygen atoms in total. The van der Waals surface area contributed by atoms with Crippen molar-refractivity contribution in [2.75, 3.05) is 23.4 Å². The lowest BCUT2D eigenvalue weighted by Crippen LogP contribution is -2.57. The van der Waals surface area contributed by atoms with E-state index in [1.165, 1.54) is 4.90 Å². The van der Waals surface area contributed by atoms with Gasteiger partial charge in [-0.3, -0.25) is 19.3 Å². The molecule has 5 atom stereocenters. The number of fused-ring (bicyclic) bond motifs is 4. The number of carbonyl (C=O) groups excluding carboxylic acids is 4. The molecule has 3 aliphatic heterocycles. The molecule has 2 N–H and O–H groups in total. The Hall–Kier alpha value is -4.30. The lowest BCUT2D eigenvalue weighted by Gasteiger charge is -2.40. The third kappa shape index (κ3) is 8.28. The molecule has 4 heterocycles. The molecule has 1 radical (unpaired) electrons. The molecule has 311 valence electrons. The van der Waals surface area contributed by atoms with Gasteiger partial charge in [0.25, 0.3) is 0 Å². The van der Waals surface area contributed by atoms with E-state index >= 15 is 4.39 Å². The lowest BCUT2D eigenvalue weighted by atomic mass is 9.82. The molecule has 4 amide bonds. The first-order valence-corrected chi connectivity index (χ1v) is 21.4. The Morgan fingerprint density at radius 1 is 1.05 bits per heavy atom. The number of amides is 4. The molecule has 2 unspecified atom stereocenters. The van der Waals surface area contributed by atoms with Crippen molar-refractivity contribution in [1.29, 1.82) is 5.26 Å². The molecule has 4 aliphatic rings. The van der Waals surface area contributed by atoms with Crippen LogP contribution in [0.15, 0.2) is 40.9 Å². The number of hydrogen-bond acceptors (Lipinski definition) is 9. The number of rotatable bonds is 11. The normalized spacial score (nSPS) is 21.8. The van der Waals surface area contributed by atoms with Crippen LogP contribution in [-0.4, -0.2) is 89.8 Å². The molecule has 1 aromatic heterocycles. The van der Waals surface area contributed by atoms with E-state index in [4.69, 9.17) is 9.39 Å². The number of likely N-dealkylation sites (tertiary alicyclic amines) is 1. The van der Waals surface area contributed by atoms with Crippen LogP contribution in [0.4, 0.5) is 20.6 Å². The van der Waals surface area contributed by atoms with E-state index in [0.717, 1.165) is 39.3 Å². The number of halogens is 2. The Bertz CT molecular complexity index is 2260. The van der Waals surface area contributed by atoms with E-state index in [2.05, 4.69) is 27.3 Å². The van der Waals surface area contributed by atoms with E-state index < -0.39 is 46.7 Å². The SMILES string of the molecule is CN1C(=O)Cc2ccc(-c3sc(CC(C#N)NC(=O)[C@@H]4[C@@H]5C[C@@H](CC5CN5C(=O)Cc6ccc([B]OC(C)(C)C(C)(C)O)cc65)N4C(=O)OC(C)(C)C)c(F)c3Br)cc21. The smallest absolute Gasteiger partial charge is 0.411 e. The Morgan fingerprint density at radius 3 is 2.41 bits per heavy atom. The number of thiophene rings is 1. The maximum Gasteiger partial charge on any atom is 0.411 e. The molecule has 16 heteroatoms. The summed E-state index contributed by atoms with van der Waals surface area (Å²) in [6.07, 6.45) is 0.844. The van der Waals surface area contributed by atoms with Crippen LogP contribution in [0.25, 0.3) is 10.4 Å². The molecule has 59 heavy (non-hydrogen) atoms. The molecule has 0 spiro atoms. The van der Waals surface area contributed by atoms with Crippen LogP contribution in [0.1, 0.15) is 77.3 Å². The van der Waals surface area contributed by atoms with Crippen LogP contribution in [-0.2, 0) is 43.0 Å². The van der Waals surface area contributed by atoms with Crippen LogP contribution >= 0.6 is 27.3 Å². The highest BCUT2D eigenvalue weighted by atomic mass is 79.9. The Kier molecular flexibility index (Phi) is 11.3. The van der Waals surface area contributed by atoms with Crippen molar-refractivity contribution in [2.45, 2.75) is 115 Å². The highest BCUT2D eigenvalue weighted by Crippen LogP contribution is 2.49. The van der Waals surface area contributed by atoms with Gasteiger partial charge in [0.05, 0.1) is 39.5 Å². The van der Waals surface area contributed by atoms with Crippen molar-refractivity contribution in [3.63, 3.8) is 0 Å². The fourth-order valence-corrected chi connectivity index (χ4v) is 10.4. The van der Waals surface area contributed by atoms with Gasteiger partial charge in [-0.05, 0) is 118 Å². The fraction of sp³-hybridized carbons (Fsp3) is 0.512. The van der Waals surface area contributed by atoms with Gasteiger partial charge in [0, 0.05) is 42.3 Å². The molecule has 2 fully saturated rings. The average Bonchev–Trinajstić information content (AvgIpc) is 3.94. The minimum Gasteiger partial charge on any atom is -0.444 e. The minimum atomic E-state index is -1.12. The molecule has 2 aromatic carbocycles. The van der Waals surface area contributed by atoms with Crippen molar-refractivity contribution < 1.29 is 38.1 Å². The summed E-state index contributed by atoms with van der Waals surface area (Å²) in [5.74, 6) is -1.68. The number of likely N-dealkylation sites (N-methyl/N-ethyl adjacent to an activating group) is 1. The highest BCUT2D eigenvalue weighted by molar-refractivity contribution is 9.10. The molecule has 2 bridgehead atoms. The summed E-state index contributed by atoms with van der Waals surface area (Å²) >= 11 is 4.56. The zero-order chi connectivity index (χ0) is 42.9. The summed E-state index contributed by atoms with van der Waals surface area (Å²) in [6.45, 7) is 12.5. The second-order valence-corrected chi connectivity index (χ2v) is 20.0. The predicted octanol–water partition coefficient (Wildman–Crippen LogP) is 5.80. The van der Waals surface area contributed by atoms with E-state index in [1.54, 1.807) is 72.8 Å². The van der Waals surface area contributed by atoms with Gasteiger partial charge in [-0.2, -0.15) is 5.26 Å². The van der Waals surface area contributed by atoms with Crippen LogP contribution in [0, 0.1) is 29.0 Å². The number of anilines is 2. The number of ether oxygens (including phenoxy) is 1. The second kappa shape index (κ2) is 15.6. The van der Waals surface area contributed by atoms with E-state index in [0.29, 0.717) is 36.2 Å². The summed E-state index contributed by atoms with van der Waals surface area (Å²) in [6, 6.07) is 10.9. The van der Waals surface area contributed by atoms with Crippen molar-refractivity contribution in [2.24, 2.45) is 11.8 Å². The van der Waals surface area contributed by atoms with Gasteiger partial charge in [0.1, 0.15) is 17.7 Å². The van der Waals surface area contributed by atoms with E-state index in [1.807, 2.05) is 36.4 Å². The van der Waals surface area contributed by atoms with Gasteiger partial charge < -0.3 is 29.6 Å². The number of nitrogens with one attached hydrogen (secondary N) is 1. The molecule has 1 saturated heterocycles. The Labute approximate surface area is 357 Å². The lowest BCUT2D eigenvalue weighted by molar-refractivity contribution is -0.129. The van der Waals surface area contributed by atoms with E-state index in [-0.39, 0.29) is 51.9 Å². The quantitative estimate of drug-likeness (QED) is 0.230. The van der Waals surface area contributed by atoms with Crippen LogP contribution in [0.5, 0.6) is 0 Å². The van der Waals surface area contributed by atoms with Gasteiger partial charge in [0.2, 0.25) is 17.7 Å². The monoisotopic (exact) mass is 888 g/mol. The first kappa shape index (κ1) is 42.8. The first-order chi connectivity index (χ1) is 27.6. The fourth-order valence-electron chi connectivity index (χ4n) is 8.43. The summed E-state index contributed by atoms with van der Waals surface area (Å²) in [5, 5.41) is 23.7. The number of benzene rings is 2. The average molecular weight is 890 g/mol. The topological polar surface area (TPSA) is 153 Å². The summed E-state index contributed by atoms with van der Waals surface area (Å²) in [4.78, 5) is 59.6. The zero-order valence-corrected chi connectivity index (χ0v) is 36.9. The van der Waals surface area contributed by atoms with Crippen LogP contribution < -0.4 is 20.6 Å². The first-order valence-electron chi connectivity index (χ1n) is 19.8. The number of hydrogen-bond donors (Lipinski definition) is 2. The maximum absolute atomic E-state index is 15.8. The van der Waals surface area contributed by atoms with Crippen LogP contribution in [0.3, 0.4) is 0 Å². The van der Waals surface area contributed by atoms with Crippen molar-refractivity contribution in [3.05, 3.63) is 62.7 Å². The zero-order valence-electron chi connectivity index (χ0n) is 34.5. The van der Waals surface area contributed by atoms with Gasteiger partial charge in [-0.15, -0.1) is 11.3 Å². The van der Waals surface area contributed by atoms with Crippen molar-refractivity contribution in [3.8, 4) is 16.5 Å². The van der Waals surface area contributed by atoms with Gasteiger partial charge in [0.15, 0.2) is 5.82 Å². The third-order valence-electron chi connectivity index (χ3n) is 12.3. The van der Waals surface area contributed by atoms with E-state index in [9.17, 15) is 29.5 Å². The molecule has 3 aromatic rings. The molecule has 1 saturated carbocycles. The summed E-state index contributed by atoms with van der Waals surface area (Å²) in [7, 11) is 3.28. The Morgan fingerprint density at radius 2 is 1.73 bits per heavy atom. The maximum atomic E-state index is 15.8. The molecular formula is C43H49BBrFN5O7S. The standard InChI is InChI=1S/C43H49BBrFN5O7S/c1-41(2,3)57-40(55)51-28-13-25(21-50-31-17-26(12-11-23(31)16-34(50)53)44-58-43(6,7)42(4,5)56)29(19-28)37(51)39(54)48-27(20-47)18-32-36(46)35(45)38(59-32)24-10-9-22-15-33(52)49(8)30(22)14-24/h9-12,14,17,25,27-29,37,56H,13,15-16,18-19,21H2,1-8H3,(H,48,54)/t25?,27?,28-,29-,37+/m1/s1. The Balaban J connectivity index is 1.10. The van der Waals surface area contributed by atoms with Gasteiger partial charge in [-0.1, -0.05) is 29.7 Å². The van der Waals surface area contributed by atoms with Crippen molar-refractivity contribution >= 4 is 75.4 Å². The van der Waals surface area contributed by atoms with Gasteiger partial charge in [-0.25, -0.2) is 9.18 Å². The third-order valence-corrected chi connectivity index (χ3v) is 14.5. The predicted molar refractivity (Wildman–Crippen MR) is 227 cm³/mol.